The molecule has 9 heteroatoms. The van der Waals surface area contributed by atoms with E-state index in [0.717, 1.165) is 36.2 Å². The first kappa shape index (κ1) is 18.5. The number of H-pyrrole nitrogens is 1. The maximum Gasteiger partial charge on any atom is 0.226 e. The molecule has 0 spiro atoms. The average Bonchev–Trinajstić information content (AvgIpc) is 3.20. The predicted molar refractivity (Wildman–Crippen MR) is 106 cm³/mol. The van der Waals surface area contributed by atoms with Gasteiger partial charge in [-0.15, -0.1) is 0 Å². The van der Waals surface area contributed by atoms with Gasteiger partial charge in [0.15, 0.2) is 11.5 Å². The molecule has 28 heavy (non-hydrogen) atoms. The number of anilines is 1. The quantitative estimate of drug-likeness (QED) is 0.639. The molecule has 1 aromatic carbocycles. The van der Waals surface area contributed by atoms with Gasteiger partial charge in [-0.05, 0) is 30.5 Å². The molecule has 2 aromatic heterocycles. The number of nitrogens with one attached hydrogen (secondary N) is 2. The minimum atomic E-state index is -0.129. The number of nitrogens with zero attached hydrogens (tertiary/aromatic N) is 4. The van der Waals surface area contributed by atoms with E-state index in [1.807, 2.05) is 24.3 Å². The number of hydrogen-bond acceptors (Lipinski definition) is 6. The molecular weight excluding hydrogens is 380 g/mol. The van der Waals surface area contributed by atoms with Gasteiger partial charge in [-0.25, -0.2) is 4.98 Å². The summed E-state index contributed by atoms with van der Waals surface area (Å²) in [7, 11) is 1.63. The van der Waals surface area contributed by atoms with Crippen molar-refractivity contribution in [3.63, 3.8) is 0 Å². The van der Waals surface area contributed by atoms with E-state index in [1.165, 1.54) is 0 Å². The first-order valence-corrected chi connectivity index (χ1v) is 9.54. The smallest absolute Gasteiger partial charge is 0.226 e. The molecule has 3 heterocycles. The minimum absolute atomic E-state index is 0.0246. The van der Waals surface area contributed by atoms with E-state index in [4.69, 9.17) is 16.3 Å². The number of aromatic nitrogens is 4. The van der Waals surface area contributed by atoms with Crippen molar-refractivity contribution in [1.29, 1.82) is 0 Å². The summed E-state index contributed by atoms with van der Waals surface area (Å²) in [5.74, 6) is 1.35. The third kappa shape index (κ3) is 3.73. The molecule has 0 aliphatic carbocycles. The number of benzene rings is 1. The third-order valence-electron chi connectivity index (χ3n) is 4.98. The van der Waals surface area contributed by atoms with Gasteiger partial charge in [-0.3, -0.25) is 4.79 Å². The number of carbonyl (C=O) groups is 1. The van der Waals surface area contributed by atoms with Crippen LogP contribution >= 0.6 is 11.6 Å². The van der Waals surface area contributed by atoms with E-state index < -0.39 is 0 Å². The first-order chi connectivity index (χ1) is 13.7. The summed E-state index contributed by atoms with van der Waals surface area (Å²) in [5.41, 5.74) is 2.21. The number of hydrogen-bond donors (Lipinski definition) is 2. The number of para-hydroxylation sites is 1. The standard InChI is InChI=1S/C19H21ClN6O2/c1-28-14-7-3-2-5-12(14)9-21-18(27)13-6-4-8-26(10-13)17-15-16(23-11-22-15)24-19(20)25-17/h2-3,5,7,11,13H,4,6,8-10H2,1H3,(H,21,27)(H,22,23,24,25). The van der Waals surface area contributed by atoms with Crippen LogP contribution in [0.2, 0.25) is 5.28 Å². The second-order valence-corrected chi connectivity index (χ2v) is 7.07. The molecule has 8 nitrogen and oxygen atoms in total. The van der Waals surface area contributed by atoms with Crippen molar-refractivity contribution in [1.82, 2.24) is 25.3 Å². The van der Waals surface area contributed by atoms with Crippen LogP contribution in [-0.4, -0.2) is 46.0 Å². The molecule has 1 saturated heterocycles. The van der Waals surface area contributed by atoms with Crippen LogP contribution in [0.25, 0.3) is 11.2 Å². The second kappa shape index (κ2) is 8.02. The Hall–Kier alpha value is -2.87. The highest BCUT2D eigenvalue weighted by molar-refractivity contribution is 6.28. The topological polar surface area (TPSA) is 96.0 Å². The first-order valence-electron chi connectivity index (χ1n) is 9.17. The lowest BCUT2D eigenvalue weighted by atomic mass is 9.97. The Balaban J connectivity index is 1.46. The van der Waals surface area contributed by atoms with Gasteiger partial charge in [-0.2, -0.15) is 9.97 Å². The van der Waals surface area contributed by atoms with Crippen molar-refractivity contribution < 1.29 is 9.53 Å². The number of carbonyl (C=O) groups excluding carboxylic acids is 1. The molecule has 0 saturated carbocycles. The van der Waals surface area contributed by atoms with Gasteiger partial charge in [0, 0.05) is 25.2 Å². The second-order valence-electron chi connectivity index (χ2n) is 6.73. The number of halogens is 1. The van der Waals surface area contributed by atoms with Crippen molar-refractivity contribution in [2.45, 2.75) is 19.4 Å². The summed E-state index contributed by atoms with van der Waals surface area (Å²) in [6.07, 6.45) is 3.30. The fraction of sp³-hybridized carbons (Fsp3) is 0.368. The SMILES string of the molecule is COc1ccccc1CNC(=O)C1CCCN(c2nc(Cl)nc3nc[nH]c23)C1. The molecule has 1 atom stereocenters. The Morgan fingerprint density at radius 3 is 3.11 bits per heavy atom. The lowest BCUT2D eigenvalue weighted by Gasteiger charge is -2.33. The predicted octanol–water partition coefficient (Wildman–Crippen LogP) is 2.55. The zero-order valence-corrected chi connectivity index (χ0v) is 16.2. The Bertz CT molecular complexity index is 991. The van der Waals surface area contributed by atoms with Crippen LogP contribution in [0.1, 0.15) is 18.4 Å². The highest BCUT2D eigenvalue weighted by Crippen LogP contribution is 2.27. The number of rotatable bonds is 5. The lowest BCUT2D eigenvalue weighted by molar-refractivity contribution is -0.125. The van der Waals surface area contributed by atoms with E-state index in [2.05, 4.69) is 30.2 Å². The van der Waals surface area contributed by atoms with E-state index in [-0.39, 0.29) is 17.1 Å². The molecule has 4 rings (SSSR count). The van der Waals surface area contributed by atoms with E-state index in [0.29, 0.717) is 24.6 Å². The van der Waals surface area contributed by atoms with Crippen molar-refractivity contribution >= 4 is 34.5 Å². The van der Waals surface area contributed by atoms with Gasteiger partial charge in [-0.1, -0.05) is 18.2 Å². The molecule has 1 aliphatic rings. The zero-order chi connectivity index (χ0) is 19.5. The Labute approximate surface area is 167 Å². The van der Waals surface area contributed by atoms with Crippen LogP contribution in [0, 0.1) is 5.92 Å². The molecular formula is C19H21ClN6O2. The summed E-state index contributed by atoms with van der Waals surface area (Å²) in [6, 6.07) is 7.68. The highest BCUT2D eigenvalue weighted by atomic mass is 35.5. The lowest BCUT2D eigenvalue weighted by Crippen LogP contribution is -2.43. The van der Waals surface area contributed by atoms with Crippen molar-refractivity contribution in [3.8, 4) is 5.75 Å². The number of amides is 1. The van der Waals surface area contributed by atoms with Crippen LogP contribution in [0.5, 0.6) is 5.75 Å². The van der Waals surface area contributed by atoms with Gasteiger partial charge in [0.2, 0.25) is 11.2 Å². The summed E-state index contributed by atoms with van der Waals surface area (Å²) in [4.78, 5) is 30.6. The molecule has 1 fully saturated rings. The fourth-order valence-electron chi connectivity index (χ4n) is 3.58. The minimum Gasteiger partial charge on any atom is -0.496 e. The van der Waals surface area contributed by atoms with E-state index in [9.17, 15) is 4.79 Å². The Kier molecular flexibility index (Phi) is 5.29. The summed E-state index contributed by atoms with van der Waals surface area (Å²) in [6.45, 7) is 1.81. The summed E-state index contributed by atoms with van der Waals surface area (Å²) >= 11 is 6.05. The molecule has 3 aromatic rings. The number of methoxy groups -OCH3 is 1. The van der Waals surface area contributed by atoms with Crippen LogP contribution in [0.4, 0.5) is 5.82 Å². The molecule has 0 radical (unpaired) electrons. The number of piperidine rings is 1. The molecule has 1 aliphatic heterocycles. The number of aromatic amines is 1. The maximum absolute atomic E-state index is 12.8. The molecule has 1 unspecified atom stereocenters. The number of imidazole rings is 1. The molecule has 2 N–H and O–H groups in total. The maximum atomic E-state index is 12.8. The normalized spacial score (nSPS) is 16.9. The summed E-state index contributed by atoms with van der Waals surface area (Å²) in [5, 5.41) is 3.18. The zero-order valence-electron chi connectivity index (χ0n) is 15.5. The van der Waals surface area contributed by atoms with Gasteiger partial charge in [0.05, 0.1) is 19.4 Å². The molecule has 1 amide bonds. The van der Waals surface area contributed by atoms with Crippen molar-refractivity contribution in [3.05, 3.63) is 41.4 Å². The van der Waals surface area contributed by atoms with Gasteiger partial charge in [0.25, 0.3) is 0 Å². The van der Waals surface area contributed by atoms with Crippen LogP contribution in [0.3, 0.4) is 0 Å². The van der Waals surface area contributed by atoms with Crippen molar-refractivity contribution in [2.24, 2.45) is 5.92 Å². The average molecular weight is 401 g/mol. The number of ether oxygens (including phenoxy) is 1. The Morgan fingerprint density at radius 2 is 2.25 bits per heavy atom. The third-order valence-corrected chi connectivity index (χ3v) is 5.15. The van der Waals surface area contributed by atoms with E-state index >= 15 is 0 Å². The molecule has 146 valence electrons. The largest absolute Gasteiger partial charge is 0.496 e. The summed E-state index contributed by atoms with van der Waals surface area (Å²) < 4.78 is 5.35. The van der Waals surface area contributed by atoms with Crippen LogP contribution < -0.4 is 15.0 Å². The number of fused-ring (bicyclic) bond motifs is 1. The van der Waals surface area contributed by atoms with Crippen LogP contribution in [-0.2, 0) is 11.3 Å². The van der Waals surface area contributed by atoms with Crippen molar-refractivity contribution in [2.75, 3.05) is 25.1 Å². The fourth-order valence-corrected chi connectivity index (χ4v) is 3.74. The van der Waals surface area contributed by atoms with Gasteiger partial charge >= 0.3 is 0 Å². The Morgan fingerprint density at radius 1 is 1.39 bits per heavy atom. The van der Waals surface area contributed by atoms with E-state index in [1.54, 1.807) is 13.4 Å². The van der Waals surface area contributed by atoms with Crippen LogP contribution in [0.15, 0.2) is 30.6 Å². The van der Waals surface area contributed by atoms with Gasteiger partial charge < -0.3 is 19.9 Å². The molecule has 0 bridgehead atoms. The highest BCUT2D eigenvalue weighted by Gasteiger charge is 2.28. The van der Waals surface area contributed by atoms with Gasteiger partial charge in [0.1, 0.15) is 11.3 Å². The monoisotopic (exact) mass is 400 g/mol.